The van der Waals surface area contributed by atoms with Crippen LogP contribution in [0.25, 0.3) is 0 Å². The number of alkyl halides is 2. The molecule has 1 saturated carbocycles. The number of nitriles is 1. The summed E-state index contributed by atoms with van der Waals surface area (Å²) in [6.07, 6.45) is 0.223. The van der Waals surface area contributed by atoms with E-state index in [9.17, 15) is 32.8 Å². The van der Waals surface area contributed by atoms with Crippen LogP contribution in [-0.2, 0) is 14.4 Å². The molecule has 210 valence electrons. The first-order valence-corrected chi connectivity index (χ1v) is 13.2. The van der Waals surface area contributed by atoms with Crippen molar-refractivity contribution in [1.29, 1.82) is 5.26 Å². The quantitative estimate of drug-likeness (QED) is 0.426. The molecule has 41 heavy (non-hydrogen) atoms. The number of hydrogen-bond acceptors (Lipinski definition) is 5. The van der Waals surface area contributed by atoms with Crippen LogP contribution in [0.4, 0.5) is 24.7 Å². The zero-order chi connectivity index (χ0) is 29.3. The van der Waals surface area contributed by atoms with Crippen LogP contribution in [0.5, 0.6) is 0 Å². The van der Waals surface area contributed by atoms with Gasteiger partial charge in [-0.15, -0.1) is 0 Å². The second kappa shape index (κ2) is 11.2. The van der Waals surface area contributed by atoms with Crippen LogP contribution in [0, 0.1) is 17.1 Å². The van der Waals surface area contributed by atoms with Gasteiger partial charge in [0.1, 0.15) is 24.0 Å². The number of aromatic nitrogens is 1. The fourth-order valence-electron chi connectivity index (χ4n) is 5.19. The van der Waals surface area contributed by atoms with Crippen LogP contribution in [0.15, 0.2) is 66.9 Å². The highest BCUT2D eigenvalue weighted by molar-refractivity contribution is 6.31. The minimum Gasteiger partial charge on any atom is -0.351 e. The minimum absolute atomic E-state index is 0.0187. The lowest BCUT2D eigenvalue weighted by Crippen LogP contribution is -2.56. The summed E-state index contributed by atoms with van der Waals surface area (Å²) < 4.78 is 41.7. The third-order valence-corrected chi connectivity index (χ3v) is 7.44. The van der Waals surface area contributed by atoms with E-state index < -0.39 is 60.4 Å². The molecule has 0 spiro atoms. The number of halogens is 4. The van der Waals surface area contributed by atoms with E-state index in [1.54, 1.807) is 12.1 Å². The molecule has 0 unspecified atom stereocenters. The standard InChI is InChI=1S/C29H23ClF3N5O3/c30-22-9-2-1-8-21(22)25(27(40)36-19-14-29(32,33)15-19)37(20-7-3-6-18(31)13-20)28(41)23-10-11-24(39)38(23)26-17(16-34)5-4-12-35-26/h1-9,12-13,19,23,25H,10-11,14-15H2,(H,36,40)/t23-,25-/m0/s1. The van der Waals surface area contributed by atoms with Crippen molar-refractivity contribution >= 4 is 40.8 Å². The molecule has 1 saturated heterocycles. The van der Waals surface area contributed by atoms with Gasteiger partial charge in [0, 0.05) is 47.8 Å². The Labute approximate surface area is 238 Å². The third-order valence-electron chi connectivity index (χ3n) is 7.10. The summed E-state index contributed by atoms with van der Waals surface area (Å²) in [5.41, 5.74) is 0.209. The molecular weight excluding hydrogens is 559 g/mol. The van der Waals surface area contributed by atoms with Gasteiger partial charge < -0.3 is 5.32 Å². The first kappa shape index (κ1) is 28.1. The fourth-order valence-corrected chi connectivity index (χ4v) is 5.43. The number of rotatable bonds is 7. The zero-order valence-corrected chi connectivity index (χ0v) is 22.2. The lowest BCUT2D eigenvalue weighted by atomic mass is 9.87. The molecule has 3 aromatic rings. The van der Waals surface area contributed by atoms with E-state index >= 15 is 0 Å². The normalized spacial score (nSPS) is 18.8. The molecule has 0 bridgehead atoms. The summed E-state index contributed by atoms with van der Waals surface area (Å²) in [5, 5.41) is 12.3. The summed E-state index contributed by atoms with van der Waals surface area (Å²) in [6, 6.07) is 12.5. The summed E-state index contributed by atoms with van der Waals surface area (Å²) in [6.45, 7) is 0. The molecule has 5 rings (SSSR count). The van der Waals surface area contributed by atoms with E-state index in [1.165, 1.54) is 42.6 Å². The number of benzene rings is 2. The van der Waals surface area contributed by atoms with E-state index in [-0.39, 0.29) is 40.5 Å². The number of carbonyl (C=O) groups excluding carboxylic acids is 3. The zero-order valence-electron chi connectivity index (χ0n) is 21.4. The van der Waals surface area contributed by atoms with Crippen LogP contribution >= 0.6 is 11.6 Å². The third kappa shape index (κ3) is 5.60. The molecule has 2 aromatic carbocycles. The van der Waals surface area contributed by atoms with Crippen molar-refractivity contribution in [1.82, 2.24) is 10.3 Å². The van der Waals surface area contributed by atoms with Crippen molar-refractivity contribution in [3.05, 3.63) is 88.8 Å². The van der Waals surface area contributed by atoms with E-state index in [1.807, 2.05) is 6.07 Å². The van der Waals surface area contributed by atoms with Crippen LogP contribution in [0.3, 0.4) is 0 Å². The van der Waals surface area contributed by atoms with E-state index in [0.717, 1.165) is 21.9 Å². The van der Waals surface area contributed by atoms with Gasteiger partial charge >= 0.3 is 0 Å². The highest BCUT2D eigenvalue weighted by Gasteiger charge is 2.48. The molecule has 2 heterocycles. The molecule has 1 aromatic heterocycles. The minimum atomic E-state index is -2.91. The second-order valence-corrected chi connectivity index (χ2v) is 10.3. The van der Waals surface area contributed by atoms with Gasteiger partial charge in [-0.1, -0.05) is 35.9 Å². The van der Waals surface area contributed by atoms with Gasteiger partial charge in [0.2, 0.25) is 11.8 Å². The van der Waals surface area contributed by atoms with E-state index in [0.29, 0.717) is 0 Å². The number of nitrogens with one attached hydrogen (secondary N) is 1. The molecule has 1 aliphatic heterocycles. The number of pyridine rings is 1. The summed E-state index contributed by atoms with van der Waals surface area (Å²) >= 11 is 6.48. The number of hydrogen-bond donors (Lipinski definition) is 1. The number of nitrogens with zero attached hydrogens (tertiary/aromatic N) is 4. The summed E-state index contributed by atoms with van der Waals surface area (Å²) in [4.78, 5) is 47.6. The Hall–Kier alpha value is -4.43. The Balaban J connectivity index is 1.62. The predicted molar refractivity (Wildman–Crippen MR) is 144 cm³/mol. The largest absolute Gasteiger partial charge is 0.351 e. The van der Waals surface area contributed by atoms with Gasteiger partial charge in [0.15, 0.2) is 5.82 Å². The molecule has 12 heteroatoms. The fraction of sp³-hybridized carbons (Fsp3) is 0.276. The maximum Gasteiger partial charge on any atom is 0.252 e. The van der Waals surface area contributed by atoms with E-state index in [4.69, 9.17) is 11.6 Å². The van der Waals surface area contributed by atoms with Crippen molar-refractivity contribution < 1.29 is 27.6 Å². The molecular formula is C29H23ClF3N5O3. The van der Waals surface area contributed by atoms with Crippen molar-refractivity contribution in [2.24, 2.45) is 0 Å². The van der Waals surface area contributed by atoms with Crippen molar-refractivity contribution in [3.8, 4) is 6.07 Å². The average molecular weight is 582 g/mol. The Morgan fingerprint density at radius 2 is 1.90 bits per heavy atom. The highest BCUT2D eigenvalue weighted by atomic mass is 35.5. The molecule has 1 N–H and O–H groups in total. The molecule has 1 aliphatic carbocycles. The van der Waals surface area contributed by atoms with E-state index in [2.05, 4.69) is 10.3 Å². The SMILES string of the molecule is N#Cc1cccnc1N1C(=O)CC[C@H]1C(=O)N(c1cccc(F)c1)[C@H](C(=O)NC1CC(F)(F)C1)c1ccccc1Cl. The maximum atomic E-state index is 14.5. The molecule has 2 atom stereocenters. The van der Waals surface area contributed by atoms with Crippen LogP contribution in [0.1, 0.15) is 42.9 Å². The first-order valence-electron chi connectivity index (χ1n) is 12.8. The molecule has 0 radical (unpaired) electrons. The van der Waals surface area contributed by atoms with Gasteiger partial charge in [0.25, 0.3) is 11.8 Å². The predicted octanol–water partition coefficient (Wildman–Crippen LogP) is 4.93. The molecule has 8 nitrogen and oxygen atoms in total. The Bertz CT molecular complexity index is 1550. The van der Waals surface area contributed by atoms with Crippen molar-refractivity contribution in [2.45, 2.75) is 49.7 Å². The Morgan fingerprint density at radius 1 is 1.15 bits per heavy atom. The lowest BCUT2D eigenvalue weighted by molar-refractivity contribution is -0.133. The number of carbonyl (C=O) groups is 3. The molecule has 2 aliphatic rings. The molecule has 2 fully saturated rings. The lowest BCUT2D eigenvalue weighted by Gasteiger charge is -2.39. The van der Waals surface area contributed by atoms with Gasteiger partial charge in [-0.2, -0.15) is 5.26 Å². The first-order chi connectivity index (χ1) is 19.6. The monoisotopic (exact) mass is 581 g/mol. The van der Waals surface area contributed by atoms with Gasteiger partial charge in [-0.05, 0) is 42.8 Å². The summed E-state index contributed by atoms with van der Waals surface area (Å²) in [5.74, 6) is -5.67. The van der Waals surface area contributed by atoms with Gasteiger partial charge in [0.05, 0.1) is 5.56 Å². The van der Waals surface area contributed by atoms with Crippen LogP contribution in [0.2, 0.25) is 5.02 Å². The summed E-state index contributed by atoms with van der Waals surface area (Å²) in [7, 11) is 0. The number of anilines is 2. The maximum absolute atomic E-state index is 14.5. The van der Waals surface area contributed by atoms with Crippen molar-refractivity contribution in [3.63, 3.8) is 0 Å². The topological polar surface area (TPSA) is 106 Å². The number of amides is 3. The van der Waals surface area contributed by atoms with Crippen LogP contribution in [-0.4, -0.2) is 40.7 Å². The van der Waals surface area contributed by atoms with Crippen LogP contribution < -0.4 is 15.1 Å². The molecule has 3 amide bonds. The smallest absolute Gasteiger partial charge is 0.252 e. The highest BCUT2D eigenvalue weighted by Crippen LogP contribution is 2.40. The van der Waals surface area contributed by atoms with Gasteiger partial charge in [-0.3, -0.25) is 24.2 Å². The second-order valence-electron chi connectivity index (χ2n) is 9.89. The van der Waals surface area contributed by atoms with Crippen molar-refractivity contribution in [2.75, 3.05) is 9.80 Å². The Morgan fingerprint density at radius 3 is 2.59 bits per heavy atom. The van der Waals surface area contributed by atoms with Gasteiger partial charge in [-0.25, -0.2) is 18.2 Å². The Kier molecular flexibility index (Phi) is 7.69. The average Bonchev–Trinajstić information content (AvgIpc) is 3.31.